The lowest BCUT2D eigenvalue weighted by Crippen LogP contribution is -2.35. The highest BCUT2D eigenvalue weighted by Gasteiger charge is 2.30. The molecular formula is C25H27N3O6. The highest BCUT2D eigenvalue weighted by atomic mass is 16.6. The molecule has 1 aliphatic rings. The second kappa shape index (κ2) is 9.94. The third kappa shape index (κ3) is 4.46. The number of nitro benzene ring substituents is 1. The monoisotopic (exact) mass is 465 g/mol. The van der Waals surface area contributed by atoms with E-state index in [1.165, 1.54) is 32.5 Å². The SMILES string of the molecule is COc1ccc([C@H](NC(=O)C2CCCCC2)c2cc([N+](=O)[O-])c3cccnc3c2O)cc1OC. The lowest BCUT2D eigenvalue weighted by Gasteiger charge is -2.26. The van der Waals surface area contributed by atoms with Gasteiger partial charge in [0.1, 0.15) is 11.3 Å². The Labute approximate surface area is 196 Å². The maximum Gasteiger partial charge on any atom is 0.279 e. The van der Waals surface area contributed by atoms with Gasteiger partial charge in [0, 0.05) is 23.7 Å². The first-order chi connectivity index (χ1) is 16.4. The Balaban J connectivity index is 1.87. The number of rotatable bonds is 7. The first-order valence-corrected chi connectivity index (χ1v) is 11.2. The summed E-state index contributed by atoms with van der Waals surface area (Å²) in [6.45, 7) is 0. The summed E-state index contributed by atoms with van der Waals surface area (Å²) in [5, 5.41) is 26.3. The third-order valence-corrected chi connectivity index (χ3v) is 6.38. The molecule has 1 heterocycles. The van der Waals surface area contributed by atoms with Crippen molar-refractivity contribution in [3.8, 4) is 17.2 Å². The average Bonchev–Trinajstić information content (AvgIpc) is 2.87. The van der Waals surface area contributed by atoms with E-state index in [2.05, 4.69) is 10.3 Å². The normalized spacial score (nSPS) is 15.0. The predicted molar refractivity (Wildman–Crippen MR) is 126 cm³/mol. The topological polar surface area (TPSA) is 124 Å². The lowest BCUT2D eigenvalue weighted by atomic mass is 9.87. The summed E-state index contributed by atoms with van der Waals surface area (Å²) >= 11 is 0. The minimum atomic E-state index is -0.862. The highest BCUT2D eigenvalue weighted by molar-refractivity contribution is 5.94. The van der Waals surface area contributed by atoms with Gasteiger partial charge in [-0.1, -0.05) is 25.3 Å². The molecule has 178 valence electrons. The molecule has 34 heavy (non-hydrogen) atoms. The molecule has 9 heteroatoms. The number of benzene rings is 2. The molecule has 1 saturated carbocycles. The number of phenolic OH excluding ortho intramolecular Hbond substituents is 1. The number of hydrogen-bond donors (Lipinski definition) is 2. The summed E-state index contributed by atoms with van der Waals surface area (Å²) in [5.41, 5.74) is 0.674. The lowest BCUT2D eigenvalue weighted by molar-refractivity contribution is -0.383. The number of aromatic nitrogens is 1. The van der Waals surface area contributed by atoms with Crippen LogP contribution in [0.1, 0.15) is 49.3 Å². The van der Waals surface area contributed by atoms with Crippen molar-refractivity contribution >= 4 is 22.5 Å². The zero-order chi connectivity index (χ0) is 24.2. The summed E-state index contributed by atoms with van der Waals surface area (Å²) < 4.78 is 10.7. The van der Waals surface area contributed by atoms with Crippen molar-refractivity contribution < 1.29 is 24.3 Å². The summed E-state index contributed by atoms with van der Waals surface area (Å²) in [7, 11) is 3.02. The van der Waals surface area contributed by atoms with Crippen molar-refractivity contribution in [2.45, 2.75) is 38.1 Å². The number of aromatic hydroxyl groups is 1. The van der Waals surface area contributed by atoms with Crippen LogP contribution in [0.4, 0.5) is 5.69 Å². The summed E-state index contributed by atoms with van der Waals surface area (Å²) in [6.07, 6.45) is 6.10. The van der Waals surface area contributed by atoms with Gasteiger partial charge in [0.05, 0.1) is 30.6 Å². The number of ether oxygens (including phenoxy) is 2. The zero-order valence-electron chi connectivity index (χ0n) is 19.1. The van der Waals surface area contributed by atoms with Gasteiger partial charge in [-0.05, 0) is 42.7 Å². The van der Waals surface area contributed by atoms with Crippen LogP contribution < -0.4 is 14.8 Å². The minimum absolute atomic E-state index is 0.101. The van der Waals surface area contributed by atoms with Crippen LogP contribution in [-0.2, 0) is 4.79 Å². The van der Waals surface area contributed by atoms with Crippen molar-refractivity contribution in [2.24, 2.45) is 5.92 Å². The van der Waals surface area contributed by atoms with Gasteiger partial charge in [0.15, 0.2) is 11.5 Å². The Morgan fingerprint density at radius 1 is 1.15 bits per heavy atom. The van der Waals surface area contributed by atoms with E-state index in [1.54, 1.807) is 24.3 Å². The Kier molecular flexibility index (Phi) is 6.81. The number of carbonyl (C=O) groups excluding carboxylic acids is 1. The molecule has 1 atom stereocenters. The third-order valence-electron chi connectivity index (χ3n) is 6.38. The van der Waals surface area contributed by atoms with E-state index in [0.717, 1.165) is 32.1 Å². The van der Waals surface area contributed by atoms with E-state index in [4.69, 9.17) is 9.47 Å². The molecule has 1 fully saturated rings. The summed E-state index contributed by atoms with van der Waals surface area (Å²) in [5.74, 6) is 0.420. The molecule has 1 aromatic heterocycles. The van der Waals surface area contributed by atoms with Crippen LogP contribution in [0.25, 0.3) is 10.9 Å². The zero-order valence-corrected chi connectivity index (χ0v) is 19.1. The molecular weight excluding hydrogens is 438 g/mol. The molecule has 9 nitrogen and oxygen atoms in total. The van der Waals surface area contributed by atoms with Gasteiger partial charge in [-0.3, -0.25) is 19.9 Å². The fraction of sp³-hybridized carbons (Fsp3) is 0.360. The van der Waals surface area contributed by atoms with Gasteiger partial charge >= 0.3 is 0 Å². The quantitative estimate of drug-likeness (QED) is 0.384. The minimum Gasteiger partial charge on any atom is -0.505 e. The molecule has 1 aliphatic carbocycles. The maximum absolute atomic E-state index is 13.2. The summed E-state index contributed by atoms with van der Waals surface area (Å²) in [6, 6.07) is 8.68. The van der Waals surface area contributed by atoms with E-state index in [-0.39, 0.29) is 39.7 Å². The van der Waals surface area contributed by atoms with Crippen LogP contribution >= 0.6 is 0 Å². The van der Waals surface area contributed by atoms with Crippen LogP contribution in [0.3, 0.4) is 0 Å². The number of nitrogens with zero attached hydrogens (tertiary/aromatic N) is 2. The maximum atomic E-state index is 13.2. The number of amides is 1. The summed E-state index contributed by atoms with van der Waals surface area (Å²) in [4.78, 5) is 28.8. The Morgan fingerprint density at radius 3 is 2.56 bits per heavy atom. The first kappa shape index (κ1) is 23.3. The van der Waals surface area contributed by atoms with Crippen LogP contribution in [0.15, 0.2) is 42.6 Å². The molecule has 2 N–H and O–H groups in total. The number of phenols is 1. The van der Waals surface area contributed by atoms with Crippen molar-refractivity contribution in [3.63, 3.8) is 0 Å². The van der Waals surface area contributed by atoms with Gasteiger partial charge in [-0.15, -0.1) is 0 Å². The van der Waals surface area contributed by atoms with Gasteiger partial charge in [0.2, 0.25) is 5.91 Å². The number of pyridine rings is 1. The van der Waals surface area contributed by atoms with Crippen LogP contribution in [0.5, 0.6) is 17.2 Å². The van der Waals surface area contributed by atoms with Gasteiger partial charge in [-0.2, -0.15) is 0 Å². The van der Waals surface area contributed by atoms with Gasteiger partial charge in [0.25, 0.3) is 5.69 Å². The number of nitro groups is 1. The number of carbonyl (C=O) groups is 1. The smallest absolute Gasteiger partial charge is 0.279 e. The first-order valence-electron chi connectivity index (χ1n) is 11.2. The number of fused-ring (bicyclic) bond motifs is 1. The number of non-ortho nitro benzene ring substituents is 1. The second-order valence-electron chi connectivity index (χ2n) is 8.38. The molecule has 0 aliphatic heterocycles. The van der Waals surface area contributed by atoms with Crippen molar-refractivity contribution in [3.05, 3.63) is 63.8 Å². The van der Waals surface area contributed by atoms with E-state index in [9.17, 15) is 20.0 Å². The van der Waals surface area contributed by atoms with Crippen LogP contribution in [0.2, 0.25) is 0 Å². The molecule has 3 aromatic rings. The Morgan fingerprint density at radius 2 is 1.88 bits per heavy atom. The molecule has 4 rings (SSSR count). The van der Waals surface area contributed by atoms with E-state index in [1.807, 2.05) is 0 Å². The number of methoxy groups -OCH3 is 2. The highest BCUT2D eigenvalue weighted by Crippen LogP contribution is 2.41. The molecule has 0 saturated heterocycles. The molecule has 0 unspecified atom stereocenters. The average molecular weight is 466 g/mol. The fourth-order valence-electron chi connectivity index (χ4n) is 4.60. The Bertz CT molecular complexity index is 1220. The fourth-order valence-corrected chi connectivity index (χ4v) is 4.60. The molecule has 0 bridgehead atoms. The molecule has 0 radical (unpaired) electrons. The van der Waals surface area contributed by atoms with Crippen molar-refractivity contribution in [2.75, 3.05) is 14.2 Å². The van der Waals surface area contributed by atoms with Crippen molar-refractivity contribution in [1.82, 2.24) is 10.3 Å². The Hall–Kier alpha value is -3.88. The second-order valence-corrected chi connectivity index (χ2v) is 8.38. The van der Waals surface area contributed by atoms with E-state index in [0.29, 0.717) is 17.1 Å². The molecule has 1 amide bonds. The van der Waals surface area contributed by atoms with Gasteiger partial charge in [-0.25, -0.2) is 0 Å². The predicted octanol–water partition coefficient (Wildman–Crippen LogP) is 4.65. The van der Waals surface area contributed by atoms with E-state index < -0.39 is 11.0 Å². The standard InChI is InChI=1S/C25H27N3O6/c1-33-20-11-10-16(13-21(20)34-2)22(27-25(30)15-7-4-3-5-8-15)18-14-19(28(31)32)17-9-6-12-26-23(17)24(18)29/h6,9-15,22,29H,3-5,7-8H2,1-2H3,(H,27,30)/t22-/m0/s1. The largest absolute Gasteiger partial charge is 0.505 e. The van der Waals surface area contributed by atoms with Crippen molar-refractivity contribution in [1.29, 1.82) is 0 Å². The number of nitrogens with one attached hydrogen (secondary N) is 1. The number of hydrogen-bond acceptors (Lipinski definition) is 7. The van der Waals surface area contributed by atoms with Gasteiger partial charge < -0.3 is 19.9 Å². The molecule has 0 spiro atoms. The van der Waals surface area contributed by atoms with E-state index >= 15 is 0 Å². The van der Waals surface area contributed by atoms with Crippen LogP contribution in [-0.4, -0.2) is 35.1 Å². The molecule has 2 aromatic carbocycles. The van der Waals surface area contributed by atoms with Crippen LogP contribution in [0, 0.1) is 16.0 Å².